The Kier molecular flexibility index (Phi) is 4.69. The van der Waals surface area contributed by atoms with E-state index >= 15 is 0 Å². The molecule has 0 fully saturated rings. The Labute approximate surface area is 118 Å². The van der Waals surface area contributed by atoms with Gasteiger partial charge in [0.25, 0.3) is 5.88 Å². The van der Waals surface area contributed by atoms with Crippen LogP contribution in [-0.4, -0.2) is 4.98 Å². The number of ether oxygens (including phenoxy) is 1. The zero-order chi connectivity index (χ0) is 14.5. The first kappa shape index (κ1) is 14.5. The Balaban J connectivity index is 2.18. The zero-order valence-electron chi connectivity index (χ0n) is 11.8. The second-order valence-electron chi connectivity index (χ2n) is 4.77. The summed E-state index contributed by atoms with van der Waals surface area (Å²) < 4.78 is 19.4. The van der Waals surface area contributed by atoms with Gasteiger partial charge in [0, 0.05) is 18.3 Å². The summed E-state index contributed by atoms with van der Waals surface area (Å²) in [5.74, 6) is 0.530. The molecule has 1 aromatic heterocycles. The maximum atomic E-state index is 14.0. The van der Waals surface area contributed by atoms with Crippen molar-refractivity contribution in [2.45, 2.75) is 32.7 Å². The quantitative estimate of drug-likeness (QED) is 0.897. The van der Waals surface area contributed by atoms with Crippen LogP contribution < -0.4 is 10.5 Å². The Bertz CT molecular complexity index is 569. The summed E-state index contributed by atoms with van der Waals surface area (Å²) in [5, 5.41) is 0. The highest BCUT2D eigenvalue weighted by Gasteiger charge is 2.11. The van der Waals surface area contributed by atoms with Gasteiger partial charge >= 0.3 is 0 Å². The summed E-state index contributed by atoms with van der Waals surface area (Å²) in [6.07, 6.45) is 2.57. The predicted octanol–water partition coefficient (Wildman–Crippen LogP) is 3.99. The molecule has 1 aromatic carbocycles. The second kappa shape index (κ2) is 6.48. The maximum Gasteiger partial charge on any atom is 0.256 e. The number of hydrogen-bond donors (Lipinski definition) is 1. The number of aromatic nitrogens is 1. The van der Waals surface area contributed by atoms with E-state index in [1.807, 2.05) is 24.3 Å². The van der Waals surface area contributed by atoms with Crippen molar-refractivity contribution in [1.82, 2.24) is 4.98 Å². The molecule has 0 saturated heterocycles. The van der Waals surface area contributed by atoms with Crippen LogP contribution in [0.4, 0.5) is 4.39 Å². The van der Waals surface area contributed by atoms with Crippen molar-refractivity contribution in [2.75, 3.05) is 0 Å². The summed E-state index contributed by atoms with van der Waals surface area (Å²) in [4.78, 5) is 3.90. The van der Waals surface area contributed by atoms with E-state index in [9.17, 15) is 4.39 Å². The number of halogens is 1. The molecule has 0 bridgehead atoms. The van der Waals surface area contributed by atoms with Crippen LogP contribution in [0, 0.1) is 5.82 Å². The summed E-state index contributed by atoms with van der Waals surface area (Å²) in [7, 11) is 0. The minimum atomic E-state index is -0.499. The van der Waals surface area contributed by atoms with Crippen LogP contribution in [0.3, 0.4) is 0 Å². The Hall–Kier alpha value is -1.94. The molecule has 4 heteroatoms. The van der Waals surface area contributed by atoms with Gasteiger partial charge in [-0.3, -0.25) is 0 Å². The van der Waals surface area contributed by atoms with Crippen molar-refractivity contribution in [3.8, 4) is 11.6 Å². The molecule has 0 radical (unpaired) electrons. The minimum Gasteiger partial charge on any atom is -0.436 e. The molecule has 2 N–H and O–H groups in total. The number of nitrogens with two attached hydrogens (primary N) is 1. The molecular weight excluding hydrogens is 255 g/mol. The first-order chi connectivity index (χ1) is 9.65. The molecule has 0 saturated carbocycles. The molecule has 0 spiro atoms. The Morgan fingerprint density at radius 2 is 1.95 bits per heavy atom. The van der Waals surface area contributed by atoms with Gasteiger partial charge in [0.15, 0.2) is 5.82 Å². The van der Waals surface area contributed by atoms with Crippen molar-refractivity contribution in [3.05, 3.63) is 53.5 Å². The van der Waals surface area contributed by atoms with E-state index in [1.165, 1.54) is 11.8 Å². The lowest BCUT2D eigenvalue weighted by atomic mass is 9.99. The third-order valence-corrected chi connectivity index (χ3v) is 3.43. The summed E-state index contributed by atoms with van der Waals surface area (Å²) in [6.45, 7) is 4.44. The fourth-order valence-electron chi connectivity index (χ4n) is 1.90. The van der Waals surface area contributed by atoms with E-state index in [0.717, 1.165) is 6.42 Å². The first-order valence-electron chi connectivity index (χ1n) is 6.77. The normalized spacial score (nSPS) is 12.2. The topological polar surface area (TPSA) is 48.1 Å². The van der Waals surface area contributed by atoms with E-state index in [2.05, 4.69) is 18.8 Å². The van der Waals surface area contributed by atoms with E-state index in [1.54, 1.807) is 6.07 Å². The zero-order valence-corrected chi connectivity index (χ0v) is 11.8. The minimum absolute atomic E-state index is 0.0377. The van der Waals surface area contributed by atoms with Crippen LogP contribution in [0.25, 0.3) is 0 Å². The molecular formula is C16H19FN2O. The lowest BCUT2D eigenvalue weighted by molar-refractivity contribution is 0.419. The van der Waals surface area contributed by atoms with Crippen molar-refractivity contribution < 1.29 is 9.13 Å². The average Bonchev–Trinajstić information content (AvgIpc) is 2.49. The lowest BCUT2D eigenvalue weighted by Gasteiger charge is -2.11. The smallest absolute Gasteiger partial charge is 0.256 e. The molecule has 0 aliphatic rings. The second-order valence-corrected chi connectivity index (χ2v) is 4.77. The number of benzene rings is 1. The van der Waals surface area contributed by atoms with E-state index in [0.29, 0.717) is 17.2 Å². The highest BCUT2D eigenvalue weighted by Crippen LogP contribution is 2.26. The van der Waals surface area contributed by atoms with E-state index < -0.39 is 5.82 Å². The molecule has 2 rings (SSSR count). The van der Waals surface area contributed by atoms with Gasteiger partial charge < -0.3 is 10.5 Å². The van der Waals surface area contributed by atoms with E-state index in [-0.39, 0.29) is 12.4 Å². The fourth-order valence-corrected chi connectivity index (χ4v) is 1.90. The Morgan fingerprint density at radius 3 is 2.55 bits per heavy atom. The number of rotatable bonds is 5. The molecule has 20 heavy (non-hydrogen) atoms. The van der Waals surface area contributed by atoms with Gasteiger partial charge in [-0.05, 0) is 36.1 Å². The molecule has 0 aliphatic heterocycles. The van der Waals surface area contributed by atoms with Crippen LogP contribution in [-0.2, 0) is 6.54 Å². The lowest BCUT2D eigenvalue weighted by Crippen LogP contribution is -2.02. The molecule has 0 aliphatic carbocycles. The van der Waals surface area contributed by atoms with E-state index in [4.69, 9.17) is 10.5 Å². The van der Waals surface area contributed by atoms with Crippen molar-refractivity contribution in [1.29, 1.82) is 0 Å². The van der Waals surface area contributed by atoms with Gasteiger partial charge in [-0.2, -0.15) is 0 Å². The molecule has 106 valence electrons. The molecule has 1 unspecified atom stereocenters. The monoisotopic (exact) mass is 274 g/mol. The molecule has 0 amide bonds. The van der Waals surface area contributed by atoms with Gasteiger partial charge in [-0.1, -0.05) is 26.0 Å². The molecule has 3 nitrogen and oxygen atoms in total. The number of pyridine rings is 1. The molecule has 2 aromatic rings. The summed E-state index contributed by atoms with van der Waals surface area (Å²) in [5.41, 5.74) is 7.09. The SMILES string of the molecule is CCC(C)c1ccc(Oc2nccc(CN)c2F)cc1. The van der Waals surface area contributed by atoms with Crippen LogP contribution >= 0.6 is 0 Å². The van der Waals surface area contributed by atoms with Gasteiger partial charge in [-0.15, -0.1) is 0 Å². The summed E-state index contributed by atoms with van der Waals surface area (Å²) in [6, 6.07) is 9.20. The van der Waals surface area contributed by atoms with Gasteiger partial charge in [0.2, 0.25) is 0 Å². The first-order valence-corrected chi connectivity index (χ1v) is 6.77. The largest absolute Gasteiger partial charge is 0.436 e. The van der Waals surface area contributed by atoms with Crippen molar-refractivity contribution in [2.24, 2.45) is 5.73 Å². The van der Waals surface area contributed by atoms with Crippen LogP contribution in [0.1, 0.15) is 37.3 Å². The average molecular weight is 274 g/mol. The molecule has 1 heterocycles. The van der Waals surface area contributed by atoms with Crippen LogP contribution in [0.2, 0.25) is 0 Å². The fraction of sp³-hybridized carbons (Fsp3) is 0.312. The molecule has 1 atom stereocenters. The van der Waals surface area contributed by atoms with Crippen molar-refractivity contribution >= 4 is 0 Å². The third-order valence-electron chi connectivity index (χ3n) is 3.43. The van der Waals surface area contributed by atoms with Crippen molar-refractivity contribution in [3.63, 3.8) is 0 Å². The Morgan fingerprint density at radius 1 is 1.25 bits per heavy atom. The number of nitrogens with zero attached hydrogens (tertiary/aromatic N) is 1. The third kappa shape index (κ3) is 3.14. The standard InChI is InChI=1S/C16H19FN2O/c1-3-11(2)12-4-6-14(7-5-12)20-16-15(17)13(10-18)8-9-19-16/h4-9,11H,3,10,18H2,1-2H3. The highest BCUT2D eigenvalue weighted by atomic mass is 19.1. The van der Waals surface area contributed by atoms with Gasteiger partial charge in [0.1, 0.15) is 5.75 Å². The van der Waals surface area contributed by atoms with Crippen LogP contribution in [0.15, 0.2) is 36.5 Å². The van der Waals surface area contributed by atoms with Gasteiger partial charge in [0.05, 0.1) is 0 Å². The maximum absolute atomic E-state index is 14.0. The highest BCUT2D eigenvalue weighted by molar-refractivity contribution is 5.33. The number of hydrogen-bond acceptors (Lipinski definition) is 3. The predicted molar refractivity (Wildman–Crippen MR) is 77.3 cm³/mol. The summed E-state index contributed by atoms with van der Waals surface area (Å²) >= 11 is 0. The van der Waals surface area contributed by atoms with Gasteiger partial charge in [-0.25, -0.2) is 9.37 Å². The van der Waals surface area contributed by atoms with Crippen LogP contribution in [0.5, 0.6) is 11.6 Å².